The Morgan fingerprint density at radius 3 is 2.77 bits per heavy atom. The maximum atomic E-state index is 11.3. The van der Waals surface area contributed by atoms with Gasteiger partial charge in [-0.1, -0.05) is 33.1 Å². The molecule has 76 valence electrons. The Morgan fingerprint density at radius 2 is 2.31 bits per heavy atom. The summed E-state index contributed by atoms with van der Waals surface area (Å²) in [5.41, 5.74) is 0. The minimum absolute atomic E-state index is 0.0444. The van der Waals surface area contributed by atoms with Gasteiger partial charge in [-0.25, -0.2) is 0 Å². The van der Waals surface area contributed by atoms with Crippen LogP contribution in [0.2, 0.25) is 0 Å². The van der Waals surface area contributed by atoms with Crippen LogP contribution >= 0.6 is 0 Å². The minimum atomic E-state index is 0.0444. The molecule has 2 unspecified atom stereocenters. The molecule has 0 aromatic rings. The largest absolute Gasteiger partial charge is 0.465 e. The van der Waals surface area contributed by atoms with E-state index in [-0.39, 0.29) is 11.9 Å². The van der Waals surface area contributed by atoms with E-state index < -0.39 is 0 Å². The number of carbonyl (C=O) groups excluding carboxylic acids is 1. The van der Waals surface area contributed by atoms with Crippen LogP contribution in [0.15, 0.2) is 0 Å². The highest BCUT2D eigenvalue weighted by atomic mass is 16.5. The number of carbonyl (C=O) groups is 1. The zero-order valence-electron chi connectivity index (χ0n) is 8.71. The third-order valence-electron chi connectivity index (χ3n) is 3.00. The second kappa shape index (κ2) is 5.25. The van der Waals surface area contributed by atoms with Gasteiger partial charge in [-0.2, -0.15) is 0 Å². The van der Waals surface area contributed by atoms with Gasteiger partial charge in [0, 0.05) is 0 Å². The molecule has 0 saturated carbocycles. The fourth-order valence-corrected chi connectivity index (χ4v) is 2.10. The highest BCUT2D eigenvalue weighted by Crippen LogP contribution is 2.29. The summed E-state index contributed by atoms with van der Waals surface area (Å²) < 4.78 is 4.99. The van der Waals surface area contributed by atoms with Crippen LogP contribution in [-0.4, -0.2) is 12.6 Å². The van der Waals surface area contributed by atoms with Gasteiger partial charge in [0.25, 0.3) is 0 Å². The number of hydrogen-bond donors (Lipinski definition) is 0. The summed E-state index contributed by atoms with van der Waals surface area (Å²) in [5, 5.41) is 0. The molecular formula is C11H20O2. The molecule has 0 amide bonds. The van der Waals surface area contributed by atoms with Crippen LogP contribution in [0.4, 0.5) is 0 Å². The van der Waals surface area contributed by atoms with Crippen molar-refractivity contribution in [3.63, 3.8) is 0 Å². The molecule has 2 atom stereocenters. The molecule has 1 rings (SSSR count). The molecule has 2 nitrogen and oxygen atoms in total. The molecule has 1 saturated heterocycles. The molecule has 0 aliphatic carbocycles. The molecule has 2 heteroatoms. The predicted molar refractivity (Wildman–Crippen MR) is 52.4 cm³/mol. The molecule has 13 heavy (non-hydrogen) atoms. The van der Waals surface area contributed by atoms with Gasteiger partial charge in [-0.05, 0) is 18.8 Å². The lowest BCUT2D eigenvalue weighted by atomic mass is 9.85. The number of unbranched alkanes of at least 4 members (excludes halogenated alkanes) is 1. The minimum Gasteiger partial charge on any atom is -0.465 e. The quantitative estimate of drug-likeness (QED) is 0.614. The normalized spacial score (nSPS) is 24.5. The van der Waals surface area contributed by atoms with Crippen LogP contribution in [0.25, 0.3) is 0 Å². The number of rotatable bonds is 5. The SMILES string of the molecule is CCCCC(CC)C1CCOC1=O. The molecule has 1 aliphatic heterocycles. The van der Waals surface area contributed by atoms with Gasteiger partial charge >= 0.3 is 5.97 Å². The lowest BCUT2D eigenvalue weighted by Gasteiger charge is -2.18. The zero-order chi connectivity index (χ0) is 9.68. The first-order chi connectivity index (χ1) is 6.29. The lowest BCUT2D eigenvalue weighted by Crippen LogP contribution is -2.18. The zero-order valence-corrected chi connectivity index (χ0v) is 8.71. The van der Waals surface area contributed by atoms with Crippen LogP contribution in [-0.2, 0) is 9.53 Å². The van der Waals surface area contributed by atoms with Gasteiger partial charge in [0.1, 0.15) is 0 Å². The van der Waals surface area contributed by atoms with Gasteiger partial charge in [-0.3, -0.25) is 4.79 Å². The summed E-state index contributed by atoms with van der Waals surface area (Å²) in [6, 6.07) is 0. The van der Waals surface area contributed by atoms with Gasteiger partial charge in [0.2, 0.25) is 0 Å². The molecule has 1 heterocycles. The summed E-state index contributed by atoms with van der Waals surface area (Å²) in [4.78, 5) is 11.3. The summed E-state index contributed by atoms with van der Waals surface area (Å²) in [5.74, 6) is 0.814. The van der Waals surface area contributed by atoms with Crippen molar-refractivity contribution in [1.29, 1.82) is 0 Å². The third kappa shape index (κ3) is 2.71. The van der Waals surface area contributed by atoms with E-state index in [1.165, 1.54) is 19.3 Å². The van der Waals surface area contributed by atoms with Crippen LogP contribution in [0.5, 0.6) is 0 Å². The van der Waals surface area contributed by atoms with Crippen LogP contribution in [0, 0.1) is 11.8 Å². The van der Waals surface area contributed by atoms with Crippen molar-refractivity contribution >= 4 is 5.97 Å². The number of hydrogen-bond acceptors (Lipinski definition) is 2. The molecule has 1 aliphatic rings. The van der Waals surface area contributed by atoms with Crippen molar-refractivity contribution < 1.29 is 9.53 Å². The van der Waals surface area contributed by atoms with E-state index in [2.05, 4.69) is 13.8 Å². The van der Waals surface area contributed by atoms with Crippen molar-refractivity contribution in [2.45, 2.75) is 46.0 Å². The maximum Gasteiger partial charge on any atom is 0.309 e. The standard InChI is InChI=1S/C11H20O2/c1-3-5-6-9(4-2)10-7-8-13-11(10)12/h9-10H,3-8H2,1-2H3. The van der Waals surface area contributed by atoms with Gasteiger partial charge in [-0.15, -0.1) is 0 Å². The topological polar surface area (TPSA) is 26.3 Å². The third-order valence-corrected chi connectivity index (χ3v) is 3.00. The van der Waals surface area contributed by atoms with E-state index in [9.17, 15) is 4.79 Å². The lowest BCUT2D eigenvalue weighted by molar-refractivity contribution is -0.142. The second-order valence-corrected chi connectivity index (χ2v) is 3.87. The first-order valence-corrected chi connectivity index (χ1v) is 5.46. The number of cyclic esters (lactones) is 1. The fourth-order valence-electron chi connectivity index (χ4n) is 2.10. The smallest absolute Gasteiger partial charge is 0.309 e. The van der Waals surface area contributed by atoms with E-state index in [4.69, 9.17) is 4.74 Å². The molecule has 0 radical (unpaired) electrons. The Balaban J connectivity index is 2.40. The van der Waals surface area contributed by atoms with Crippen molar-refractivity contribution in [3.8, 4) is 0 Å². The molecule has 0 N–H and O–H groups in total. The van der Waals surface area contributed by atoms with Crippen molar-refractivity contribution in [2.75, 3.05) is 6.61 Å². The van der Waals surface area contributed by atoms with E-state index in [1.54, 1.807) is 0 Å². The Labute approximate surface area is 80.7 Å². The maximum absolute atomic E-state index is 11.3. The molecule has 1 fully saturated rings. The summed E-state index contributed by atoms with van der Waals surface area (Å²) in [6.45, 7) is 5.01. The van der Waals surface area contributed by atoms with Gasteiger partial charge in [0.05, 0.1) is 12.5 Å². The van der Waals surface area contributed by atoms with E-state index >= 15 is 0 Å². The number of ether oxygens (including phenoxy) is 1. The van der Waals surface area contributed by atoms with Crippen LogP contribution in [0.3, 0.4) is 0 Å². The average Bonchev–Trinajstić information content (AvgIpc) is 2.54. The van der Waals surface area contributed by atoms with Gasteiger partial charge in [0.15, 0.2) is 0 Å². The Bertz CT molecular complexity index is 165. The molecular weight excluding hydrogens is 164 g/mol. The number of esters is 1. The van der Waals surface area contributed by atoms with Gasteiger partial charge < -0.3 is 4.74 Å². The fraction of sp³-hybridized carbons (Fsp3) is 0.909. The molecule has 0 aromatic heterocycles. The molecule has 0 spiro atoms. The Morgan fingerprint density at radius 1 is 1.54 bits per heavy atom. The van der Waals surface area contributed by atoms with Crippen LogP contribution in [0.1, 0.15) is 46.0 Å². The summed E-state index contributed by atoms with van der Waals surface area (Å²) in [7, 11) is 0. The Hall–Kier alpha value is -0.530. The monoisotopic (exact) mass is 184 g/mol. The van der Waals surface area contributed by atoms with E-state index in [1.807, 2.05) is 0 Å². The van der Waals surface area contributed by atoms with Crippen LogP contribution < -0.4 is 0 Å². The first-order valence-electron chi connectivity index (χ1n) is 5.46. The molecule has 0 bridgehead atoms. The Kier molecular flexibility index (Phi) is 4.26. The summed E-state index contributed by atoms with van der Waals surface area (Å²) >= 11 is 0. The van der Waals surface area contributed by atoms with E-state index in [0.29, 0.717) is 12.5 Å². The summed E-state index contributed by atoms with van der Waals surface area (Å²) in [6.07, 6.45) is 5.70. The van der Waals surface area contributed by atoms with Crippen molar-refractivity contribution in [3.05, 3.63) is 0 Å². The highest BCUT2D eigenvalue weighted by Gasteiger charge is 2.32. The van der Waals surface area contributed by atoms with Crippen molar-refractivity contribution in [1.82, 2.24) is 0 Å². The molecule has 0 aromatic carbocycles. The predicted octanol–water partition coefficient (Wildman–Crippen LogP) is 2.77. The first kappa shape index (κ1) is 10.6. The highest BCUT2D eigenvalue weighted by molar-refractivity contribution is 5.74. The van der Waals surface area contributed by atoms with Crippen molar-refractivity contribution in [2.24, 2.45) is 11.8 Å². The average molecular weight is 184 g/mol. The van der Waals surface area contributed by atoms with E-state index in [0.717, 1.165) is 12.8 Å². The second-order valence-electron chi connectivity index (χ2n) is 3.87.